The number of aryl methyl sites for hydroxylation is 3. The highest BCUT2D eigenvalue weighted by Crippen LogP contribution is 2.31. The number of aromatic nitrogens is 4. The van der Waals surface area contributed by atoms with Crippen LogP contribution < -0.4 is 5.69 Å². The van der Waals surface area contributed by atoms with Crippen molar-refractivity contribution in [3.8, 4) is 0 Å². The van der Waals surface area contributed by atoms with Gasteiger partial charge in [-0.25, -0.2) is 14.3 Å². The fourth-order valence-corrected chi connectivity index (χ4v) is 3.59. The van der Waals surface area contributed by atoms with Gasteiger partial charge in [0.2, 0.25) is 0 Å². The third kappa shape index (κ3) is 5.11. The SMILES string of the molecule is CCC(C)(C)OC(=O)[C@@H]1CCCc2nn(CCc3ncc(C(F)(F)F)cc3Cl)c(=O)n21. The normalized spacial score (nSPS) is 16.8. The Balaban J connectivity index is 1.79. The van der Waals surface area contributed by atoms with Gasteiger partial charge in [-0.05, 0) is 39.2 Å². The highest BCUT2D eigenvalue weighted by Gasteiger charge is 2.34. The molecule has 0 amide bonds. The zero-order valence-corrected chi connectivity index (χ0v) is 18.3. The number of esters is 1. The molecule has 0 saturated carbocycles. The summed E-state index contributed by atoms with van der Waals surface area (Å²) in [4.78, 5) is 29.4. The first-order valence-corrected chi connectivity index (χ1v) is 10.4. The first-order chi connectivity index (χ1) is 14.4. The van der Waals surface area contributed by atoms with E-state index in [1.165, 1.54) is 9.25 Å². The molecule has 1 atom stereocenters. The van der Waals surface area contributed by atoms with Crippen molar-refractivity contribution in [3.63, 3.8) is 0 Å². The zero-order chi connectivity index (χ0) is 23.0. The van der Waals surface area contributed by atoms with E-state index in [-0.39, 0.29) is 23.7 Å². The molecule has 3 rings (SSSR count). The minimum atomic E-state index is -4.54. The molecule has 2 aromatic rings. The summed E-state index contributed by atoms with van der Waals surface area (Å²) in [6.45, 7) is 5.59. The smallest absolute Gasteiger partial charge is 0.417 e. The largest absolute Gasteiger partial charge is 0.458 e. The van der Waals surface area contributed by atoms with Crippen molar-refractivity contribution in [2.24, 2.45) is 0 Å². The quantitative estimate of drug-likeness (QED) is 0.609. The van der Waals surface area contributed by atoms with Gasteiger partial charge in [0, 0.05) is 19.0 Å². The predicted octanol–water partition coefficient (Wildman–Crippen LogP) is 3.96. The molecule has 0 bridgehead atoms. The van der Waals surface area contributed by atoms with E-state index >= 15 is 0 Å². The first-order valence-electron chi connectivity index (χ1n) is 10.1. The summed E-state index contributed by atoms with van der Waals surface area (Å²) in [6, 6.07) is 0.0652. The topological polar surface area (TPSA) is 79.0 Å². The van der Waals surface area contributed by atoms with Gasteiger partial charge in [-0.2, -0.15) is 18.3 Å². The molecule has 31 heavy (non-hydrogen) atoms. The summed E-state index contributed by atoms with van der Waals surface area (Å²) in [5.41, 5.74) is -1.81. The van der Waals surface area contributed by atoms with Gasteiger partial charge < -0.3 is 4.74 Å². The van der Waals surface area contributed by atoms with Gasteiger partial charge in [-0.3, -0.25) is 9.55 Å². The lowest BCUT2D eigenvalue weighted by atomic mass is 10.0. The second-order valence-corrected chi connectivity index (χ2v) is 8.54. The number of hydrogen-bond donors (Lipinski definition) is 0. The van der Waals surface area contributed by atoms with Gasteiger partial charge in [0.25, 0.3) is 0 Å². The Morgan fingerprint density at radius 2 is 2.06 bits per heavy atom. The van der Waals surface area contributed by atoms with Crippen LogP contribution in [0.4, 0.5) is 13.2 Å². The predicted molar refractivity (Wildman–Crippen MR) is 107 cm³/mol. The minimum absolute atomic E-state index is 0.0686. The number of pyridine rings is 1. The standard InChI is InChI=1S/C20H24ClF3N4O3/c1-4-19(2,3)31-17(29)15-6-5-7-16-26-27(18(30)28(15)16)9-8-14-13(21)10-12(11-25-14)20(22,23)24/h10-11,15H,4-9H2,1-3H3/t15-/m0/s1. The summed E-state index contributed by atoms with van der Waals surface area (Å²) < 4.78 is 46.4. The van der Waals surface area contributed by atoms with E-state index in [9.17, 15) is 22.8 Å². The van der Waals surface area contributed by atoms with Gasteiger partial charge in [0.1, 0.15) is 17.5 Å². The van der Waals surface area contributed by atoms with Crippen molar-refractivity contribution < 1.29 is 22.7 Å². The maximum absolute atomic E-state index is 12.9. The van der Waals surface area contributed by atoms with Gasteiger partial charge in [-0.15, -0.1) is 0 Å². The van der Waals surface area contributed by atoms with Crippen LogP contribution in [0.1, 0.15) is 63.2 Å². The van der Waals surface area contributed by atoms with Crippen LogP contribution in [-0.2, 0) is 35.1 Å². The zero-order valence-electron chi connectivity index (χ0n) is 17.5. The Morgan fingerprint density at radius 3 is 2.68 bits per heavy atom. The number of nitrogens with zero attached hydrogens (tertiary/aromatic N) is 4. The first kappa shape index (κ1) is 23.3. The lowest BCUT2D eigenvalue weighted by Crippen LogP contribution is -2.38. The van der Waals surface area contributed by atoms with Crippen LogP contribution in [0.15, 0.2) is 17.1 Å². The summed E-state index contributed by atoms with van der Waals surface area (Å²) in [6.07, 6.45) is -1.37. The van der Waals surface area contributed by atoms with Crippen molar-refractivity contribution in [2.75, 3.05) is 0 Å². The Bertz CT molecular complexity index is 1030. The van der Waals surface area contributed by atoms with Crippen LogP contribution in [0.25, 0.3) is 0 Å². The van der Waals surface area contributed by atoms with Crippen LogP contribution >= 0.6 is 11.6 Å². The highest BCUT2D eigenvalue weighted by molar-refractivity contribution is 6.31. The molecule has 0 unspecified atom stereocenters. The number of carbonyl (C=O) groups excluding carboxylic acids is 1. The number of alkyl halides is 3. The van der Waals surface area contributed by atoms with Crippen LogP contribution in [-0.4, -0.2) is 30.9 Å². The van der Waals surface area contributed by atoms with E-state index in [2.05, 4.69) is 10.1 Å². The lowest BCUT2D eigenvalue weighted by Gasteiger charge is -2.28. The van der Waals surface area contributed by atoms with Crippen LogP contribution in [0.3, 0.4) is 0 Å². The van der Waals surface area contributed by atoms with E-state index in [1.807, 2.05) is 20.8 Å². The van der Waals surface area contributed by atoms with Crippen molar-refractivity contribution in [2.45, 2.75) is 77.2 Å². The van der Waals surface area contributed by atoms with E-state index in [0.717, 1.165) is 6.07 Å². The lowest BCUT2D eigenvalue weighted by molar-refractivity contribution is -0.161. The Labute approximate surface area is 182 Å². The molecule has 0 saturated heterocycles. The molecule has 0 aromatic carbocycles. The molecule has 170 valence electrons. The molecule has 1 aliphatic heterocycles. The monoisotopic (exact) mass is 460 g/mol. The van der Waals surface area contributed by atoms with Crippen molar-refractivity contribution in [1.29, 1.82) is 0 Å². The van der Waals surface area contributed by atoms with E-state index in [1.54, 1.807) is 0 Å². The molecular weight excluding hydrogens is 437 g/mol. The third-order valence-electron chi connectivity index (χ3n) is 5.44. The number of halogens is 4. The average molecular weight is 461 g/mol. The molecule has 0 fully saturated rings. The fraction of sp³-hybridized carbons (Fsp3) is 0.600. The van der Waals surface area contributed by atoms with Crippen LogP contribution in [0.2, 0.25) is 5.02 Å². The molecule has 0 N–H and O–H groups in total. The second kappa shape index (κ2) is 8.64. The van der Waals surface area contributed by atoms with Gasteiger partial charge >= 0.3 is 17.8 Å². The highest BCUT2D eigenvalue weighted by atomic mass is 35.5. The average Bonchev–Trinajstić information content (AvgIpc) is 3.02. The van der Waals surface area contributed by atoms with Gasteiger partial charge in [0.15, 0.2) is 0 Å². The molecule has 0 aliphatic carbocycles. The summed E-state index contributed by atoms with van der Waals surface area (Å²) >= 11 is 5.95. The summed E-state index contributed by atoms with van der Waals surface area (Å²) in [5.74, 6) is 0.0147. The van der Waals surface area contributed by atoms with E-state index in [0.29, 0.717) is 37.7 Å². The van der Waals surface area contributed by atoms with Crippen LogP contribution in [0.5, 0.6) is 0 Å². The van der Waals surface area contributed by atoms with Crippen molar-refractivity contribution in [1.82, 2.24) is 19.3 Å². The number of fused-ring (bicyclic) bond motifs is 1. The third-order valence-corrected chi connectivity index (χ3v) is 5.76. The van der Waals surface area contributed by atoms with Crippen molar-refractivity contribution in [3.05, 3.63) is 44.9 Å². The fourth-order valence-electron chi connectivity index (χ4n) is 3.33. The number of carbonyl (C=O) groups is 1. The summed E-state index contributed by atoms with van der Waals surface area (Å²) in [7, 11) is 0. The Hall–Kier alpha value is -2.36. The molecule has 2 aromatic heterocycles. The molecular formula is C20H24ClF3N4O3. The Morgan fingerprint density at radius 1 is 1.35 bits per heavy atom. The minimum Gasteiger partial charge on any atom is -0.458 e. The number of rotatable bonds is 6. The van der Waals surface area contributed by atoms with Gasteiger partial charge in [-0.1, -0.05) is 18.5 Å². The molecule has 7 nitrogen and oxygen atoms in total. The van der Waals surface area contributed by atoms with Crippen molar-refractivity contribution >= 4 is 17.6 Å². The van der Waals surface area contributed by atoms with E-state index in [4.69, 9.17) is 16.3 Å². The number of hydrogen-bond acceptors (Lipinski definition) is 5. The number of ether oxygens (including phenoxy) is 1. The maximum Gasteiger partial charge on any atom is 0.417 e. The van der Waals surface area contributed by atoms with Crippen LogP contribution in [0, 0.1) is 0 Å². The Kier molecular flexibility index (Phi) is 6.50. The molecule has 11 heteroatoms. The molecule has 1 aliphatic rings. The maximum atomic E-state index is 12.9. The molecule has 3 heterocycles. The summed E-state index contributed by atoms with van der Waals surface area (Å²) in [5, 5.41) is 4.18. The molecule has 0 radical (unpaired) electrons. The second-order valence-electron chi connectivity index (χ2n) is 8.13. The molecule has 0 spiro atoms. The van der Waals surface area contributed by atoms with Gasteiger partial charge in [0.05, 0.1) is 22.8 Å². The van der Waals surface area contributed by atoms with E-state index < -0.39 is 35.0 Å².